The number of aromatic nitrogens is 1. The van der Waals surface area contributed by atoms with Gasteiger partial charge in [-0.1, -0.05) is 37.1 Å². The predicted octanol–water partition coefficient (Wildman–Crippen LogP) is 5.39. The van der Waals surface area contributed by atoms with E-state index < -0.39 is 11.6 Å². The highest BCUT2D eigenvalue weighted by atomic mass is 16.7. The highest BCUT2D eigenvalue weighted by Crippen LogP contribution is 2.64. The number of likely N-dealkylation sites (tertiary alicyclic amines) is 1. The maximum Gasteiger partial charge on any atom is 0.273 e. The summed E-state index contributed by atoms with van der Waals surface area (Å²) >= 11 is 0. The number of hydrogen-bond donors (Lipinski definition) is 1. The molecule has 2 saturated carbocycles. The minimum absolute atomic E-state index is 0.0224. The Morgan fingerprint density at radius 2 is 1.84 bits per heavy atom. The molecule has 2 aliphatic heterocycles. The van der Waals surface area contributed by atoms with Gasteiger partial charge in [0.05, 0.1) is 11.2 Å². The van der Waals surface area contributed by atoms with Crippen molar-refractivity contribution in [2.75, 3.05) is 51.5 Å². The van der Waals surface area contributed by atoms with Crippen LogP contribution in [0.1, 0.15) is 79.4 Å². The van der Waals surface area contributed by atoms with E-state index in [1.165, 1.54) is 11.1 Å². The zero-order valence-electron chi connectivity index (χ0n) is 29.3. The van der Waals surface area contributed by atoms with Gasteiger partial charge in [0, 0.05) is 50.6 Å². The van der Waals surface area contributed by atoms with Crippen LogP contribution in [0.25, 0.3) is 10.9 Å². The van der Waals surface area contributed by atoms with E-state index in [-0.39, 0.29) is 24.0 Å². The van der Waals surface area contributed by atoms with Crippen molar-refractivity contribution in [1.82, 2.24) is 14.8 Å². The zero-order chi connectivity index (χ0) is 34.6. The number of terminal acetylenes is 1. The summed E-state index contributed by atoms with van der Waals surface area (Å²) in [6, 6.07) is 15.6. The van der Waals surface area contributed by atoms with Gasteiger partial charge < -0.3 is 29.3 Å². The van der Waals surface area contributed by atoms with Crippen LogP contribution in [0.15, 0.2) is 48.5 Å². The summed E-state index contributed by atoms with van der Waals surface area (Å²) in [5, 5.41) is 12.4. The van der Waals surface area contributed by atoms with Crippen molar-refractivity contribution in [2.24, 2.45) is 17.3 Å². The highest BCUT2D eigenvalue weighted by Gasteiger charge is 2.61. The van der Waals surface area contributed by atoms with Crippen molar-refractivity contribution in [3.05, 3.63) is 65.4 Å². The Labute approximate surface area is 294 Å². The lowest BCUT2D eigenvalue weighted by Crippen LogP contribution is -2.54. The first kappa shape index (κ1) is 33.0. The van der Waals surface area contributed by atoms with Crippen molar-refractivity contribution in [3.8, 4) is 18.1 Å². The number of hydrogen-bond acceptors (Lipinski definition) is 7. The molecule has 8 rings (SSSR count). The molecule has 9 heteroatoms. The number of nitrogens with zero attached hydrogens (tertiary/aromatic N) is 4. The lowest BCUT2D eigenvalue weighted by atomic mass is 9.53. The molecule has 3 heterocycles. The van der Waals surface area contributed by atoms with Gasteiger partial charge in [-0.25, -0.2) is 4.98 Å². The fraction of sp³-hybridized carbons (Fsp3) is 0.537. The zero-order valence-corrected chi connectivity index (χ0v) is 29.3. The molecule has 4 fully saturated rings. The molecule has 3 aliphatic carbocycles. The number of benzene rings is 2. The molecule has 1 aromatic heterocycles. The largest absolute Gasteiger partial charge is 0.465 e. The minimum atomic E-state index is -1.01. The third-order valence-electron chi connectivity index (χ3n) is 13.1. The number of methoxy groups -OCH3 is 1. The van der Waals surface area contributed by atoms with E-state index >= 15 is 0 Å². The van der Waals surface area contributed by atoms with Crippen LogP contribution in [0.2, 0.25) is 0 Å². The summed E-state index contributed by atoms with van der Waals surface area (Å²) in [5.41, 5.74) is 3.70. The Morgan fingerprint density at radius 1 is 1.02 bits per heavy atom. The molecule has 0 radical (unpaired) electrons. The van der Waals surface area contributed by atoms with E-state index in [9.17, 15) is 14.7 Å². The van der Waals surface area contributed by atoms with Crippen LogP contribution in [0.5, 0.6) is 5.75 Å². The molecular formula is C41H48N4O5. The number of rotatable bonds is 6. The Hall–Kier alpha value is -4.13. The number of aliphatic hydroxyl groups is 1. The number of fused-ring (bicyclic) bond motifs is 6. The normalized spacial score (nSPS) is 30.4. The average Bonchev–Trinajstić information content (AvgIpc) is 3.75. The molecule has 0 bridgehead atoms. The summed E-state index contributed by atoms with van der Waals surface area (Å²) in [7, 11) is 1.64. The maximum absolute atomic E-state index is 14.0. The smallest absolute Gasteiger partial charge is 0.273 e. The lowest BCUT2D eigenvalue weighted by molar-refractivity contribution is -0.135. The van der Waals surface area contributed by atoms with Crippen molar-refractivity contribution in [2.45, 2.75) is 75.9 Å². The summed E-state index contributed by atoms with van der Waals surface area (Å²) in [6.07, 6.45) is 13.1. The number of aryl methyl sites for hydroxylation is 1. The Balaban J connectivity index is 0.987. The topological polar surface area (TPSA) is 95.4 Å². The Kier molecular flexibility index (Phi) is 8.51. The molecule has 0 spiro atoms. The van der Waals surface area contributed by atoms with Crippen LogP contribution in [0.3, 0.4) is 0 Å². The van der Waals surface area contributed by atoms with Gasteiger partial charge >= 0.3 is 0 Å². The van der Waals surface area contributed by atoms with Crippen LogP contribution >= 0.6 is 0 Å². The number of ether oxygens (including phenoxy) is 2. The molecule has 2 saturated heterocycles. The molecule has 1 N–H and O–H groups in total. The van der Waals surface area contributed by atoms with Crippen molar-refractivity contribution >= 4 is 28.4 Å². The van der Waals surface area contributed by atoms with Gasteiger partial charge in [-0.2, -0.15) is 0 Å². The molecule has 50 heavy (non-hydrogen) atoms. The van der Waals surface area contributed by atoms with E-state index in [1.807, 2.05) is 35.2 Å². The first-order valence-electron chi connectivity index (χ1n) is 18.4. The van der Waals surface area contributed by atoms with Gasteiger partial charge in [0.15, 0.2) is 6.79 Å². The van der Waals surface area contributed by atoms with E-state index in [0.717, 1.165) is 60.9 Å². The standard InChI is InChI=1S/C41H48N4O5/c1-4-41(48)18-16-32-30-13-11-28-24-37(50-26-49-3)36(25-31(28)29(30)15-17-40(32,41)2)43-20-22-44(23-21-43)39(47)35-10-7-19-45(35)38(46)34-14-12-27-8-5-6-9-33(27)42-34/h1,5-6,8-9,12,14,24-25,29-30,32,35,48H,7,10-11,13,15-23,26H2,2-3H3/t29-,30+,32-,35-,40-,41-/m0/s1. The molecule has 2 amide bonds. The lowest BCUT2D eigenvalue weighted by Gasteiger charge is -2.52. The first-order valence-corrected chi connectivity index (χ1v) is 18.4. The molecule has 262 valence electrons. The second-order valence-corrected chi connectivity index (χ2v) is 15.3. The van der Waals surface area contributed by atoms with Crippen LogP contribution in [0, 0.1) is 29.6 Å². The van der Waals surface area contributed by atoms with E-state index in [4.69, 9.17) is 15.9 Å². The number of carbonyl (C=O) groups is 2. The molecular weight excluding hydrogens is 628 g/mol. The monoisotopic (exact) mass is 676 g/mol. The van der Waals surface area contributed by atoms with Crippen LogP contribution in [-0.4, -0.2) is 90.0 Å². The second kappa shape index (κ2) is 12.9. The molecule has 6 atom stereocenters. The number of amides is 2. The van der Waals surface area contributed by atoms with Gasteiger partial charge in [0.1, 0.15) is 23.1 Å². The van der Waals surface area contributed by atoms with Crippen LogP contribution in [0.4, 0.5) is 5.69 Å². The summed E-state index contributed by atoms with van der Waals surface area (Å²) in [6.45, 7) is 5.44. The third kappa shape index (κ3) is 5.34. The Morgan fingerprint density at radius 3 is 2.64 bits per heavy atom. The van der Waals surface area contributed by atoms with Gasteiger partial charge in [-0.05, 0) is 105 Å². The SMILES string of the molecule is C#C[C@]1(O)CC[C@H]2[C@@H]3CCc4cc(OCOC)c(N5CCN(C(=O)[C@@H]6CCCN6C(=O)c6ccc7ccccc7n6)CC5)cc4[C@H]3CC[C@@]21C. The van der Waals surface area contributed by atoms with Gasteiger partial charge in [0.2, 0.25) is 5.91 Å². The number of piperazine rings is 1. The van der Waals surface area contributed by atoms with Crippen molar-refractivity contribution < 1.29 is 24.2 Å². The van der Waals surface area contributed by atoms with Crippen LogP contribution < -0.4 is 9.64 Å². The second-order valence-electron chi connectivity index (χ2n) is 15.3. The van der Waals surface area contributed by atoms with Crippen LogP contribution in [-0.2, 0) is 16.0 Å². The average molecular weight is 677 g/mol. The molecule has 9 nitrogen and oxygen atoms in total. The van der Waals surface area contributed by atoms with E-state index in [2.05, 4.69) is 34.9 Å². The molecule has 2 aromatic carbocycles. The van der Waals surface area contributed by atoms with Gasteiger partial charge in [0.25, 0.3) is 5.91 Å². The van der Waals surface area contributed by atoms with Gasteiger partial charge in [-0.15, -0.1) is 6.42 Å². The Bertz CT molecular complexity index is 1850. The molecule has 5 aliphatic rings. The minimum Gasteiger partial charge on any atom is -0.465 e. The van der Waals surface area contributed by atoms with Gasteiger partial charge in [-0.3, -0.25) is 9.59 Å². The third-order valence-corrected chi connectivity index (χ3v) is 13.1. The first-order chi connectivity index (χ1) is 24.2. The van der Waals surface area contributed by atoms with Crippen molar-refractivity contribution in [1.29, 1.82) is 0 Å². The summed E-state index contributed by atoms with van der Waals surface area (Å²) in [4.78, 5) is 38.2. The summed E-state index contributed by atoms with van der Waals surface area (Å²) < 4.78 is 11.5. The quantitative estimate of drug-likeness (QED) is 0.276. The molecule has 0 unspecified atom stereocenters. The highest BCUT2D eigenvalue weighted by molar-refractivity contribution is 5.98. The maximum atomic E-state index is 14.0. The number of para-hydroxylation sites is 1. The fourth-order valence-corrected chi connectivity index (χ4v) is 10.3. The number of anilines is 1. The van der Waals surface area contributed by atoms with E-state index in [1.54, 1.807) is 18.1 Å². The fourth-order valence-electron chi connectivity index (χ4n) is 10.3. The van der Waals surface area contributed by atoms with E-state index in [0.29, 0.717) is 69.0 Å². The number of carbonyl (C=O) groups excluding carboxylic acids is 2. The molecule has 3 aromatic rings. The van der Waals surface area contributed by atoms with Crippen molar-refractivity contribution in [3.63, 3.8) is 0 Å². The summed E-state index contributed by atoms with van der Waals surface area (Å²) in [5.74, 6) is 4.80. The predicted molar refractivity (Wildman–Crippen MR) is 192 cm³/mol. The number of pyridine rings is 1.